The molecule has 1 aromatic carbocycles. The number of carbonyl (C=O) groups excluding carboxylic acids is 2. The van der Waals surface area contributed by atoms with E-state index < -0.39 is 16.9 Å². The molecule has 10 nitrogen and oxygen atoms in total. The van der Waals surface area contributed by atoms with Gasteiger partial charge in [0, 0.05) is 24.7 Å². The van der Waals surface area contributed by atoms with Crippen LogP contribution in [0.15, 0.2) is 66.8 Å². The minimum Gasteiger partial charge on any atom is -0.464 e. The van der Waals surface area contributed by atoms with Crippen LogP contribution in [0.3, 0.4) is 0 Å². The largest absolute Gasteiger partial charge is 0.464 e. The van der Waals surface area contributed by atoms with Crippen molar-refractivity contribution >= 4 is 28.9 Å². The first-order valence-corrected chi connectivity index (χ1v) is 8.81. The van der Waals surface area contributed by atoms with Gasteiger partial charge in [-0.1, -0.05) is 18.2 Å². The fourth-order valence-corrected chi connectivity index (χ4v) is 2.29. The van der Waals surface area contributed by atoms with E-state index in [9.17, 15) is 19.7 Å². The van der Waals surface area contributed by atoms with Crippen molar-refractivity contribution in [1.29, 1.82) is 0 Å². The summed E-state index contributed by atoms with van der Waals surface area (Å²) in [6, 6.07) is 10.9. The number of hydrogen-bond donors (Lipinski definition) is 2. The predicted octanol–water partition coefficient (Wildman–Crippen LogP) is 2.61. The molecular weight excluding hydrogens is 392 g/mol. The first-order chi connectivity index (χ1) is 14.5. The summed E-state index contributed by atoms with van der Waals surface area (Å²) in [4.78, 5) is 39.1. The van der Waals surface area contributed by atoms with Crippen LogP contribution >= 0.6 is 0 Å². The van der Waals surface area contributed by atoms with E-state index in [4.69, 9.17) is 9.47 Å². The summed E-state index contributed by atoms with van der Waals surface area (Å²) in [6.45, 7) is 1.82. The molecule has 2 rings (SSSR count). The zero-order chi connectivity index (χ0) is 21.9. The number of benzene rings is 1. The van der Waals surface area contributed by atoms with Gasteiger partial charge in [0.1, 0.15) is 17.0 Å². The highest BCUT2D eigenvalue weighted by atomic mass is 16.6. The summed E-state index contributed by atoms with van der Waals surface area (Å²) in [5.74, 6) is -1.40. The number of ether oxygens (including phenoxy) is 2. The molecule has 0 amide bonds. The van der Waals surface area contributed by atoms with Crippen LogP contribution in [0.4, 0.5) is 11.4 Å². The van der Waals surface area contributed by atoms with E-state index in [1.54, 1.807) is 31.2 Å². The topological polar surface area (TPSA) is 133 Å². The van der Waals surface area contributed by atoms with Gasteiger partial charge in [0.15, 0.2) is 0 Å². The number of para-hydroxylation sites is 2. The van der Waals surface area contributed by atoms with Gasteiger partial charge < -0.3 is 20.1 Å². The maximum absolute atomic E-state index is 12.3. The van der Waals surface area contributed by atoms with E-state index in [0.29, 0.717) is 5.69 Å². The Morgan fingerprint density at radius 2 is 1.87 bits per heavy atom. The molecule has 1 aromatic heterocycles. The number of esters is 2. The lowest BCUT2D eigenvalue weighted by molar-refractivity contribution is -0.383. The van der Waals surface area contributed by atoms with E-state index in [0.717, 1.165) is 0 Å². The first-order valence-electron chi connectivity index (χ1n) is 8.81. The molecule has 0 unspecified atom stereocenters. The molecule has 0 saturated carbocycles. The van der Waals surface area contributed by atoms with Gasteiger partial charge in [-0.15, -0.1) is 0 Å². The van der Waals surface area contributed by atoms with Gasteiger partial charge in [0.05, 0.1) is 24.3 Å². The van der Waals surface area contributed by atoms with Gasteiger partial charge in [-0.05, 0) is 25.1 Å². The van der Waals surface area contributed by atoms with Crippen LogP contribution < -0.4 is 10.6 Å². The average molecular weight is 412 g/mol. The van der Waals surface area contributed by atoms with E-state index in [2.05, 4.69) is 15.6 Å². The molecule has 0 saturated heterocycles. The molecule has 2 N–H and O–H groups in total. The molecule has 0 aliphatic carbocycles. The van der Waals surface area contributed by atoms with Gasteiger partial charge in [0.2, 0.25) is 0 Å². The van der Waals surface area contributed by atoms with Crippen molar-refractivity contribution in [1.82, 2.24) is 10.3 Å². The third-order valence-electron chi connectivity index (χ3n) is 3.69. The Hall–Kier alpha value is -4.21. The second-order valence-electron chi connectivity index (χ2n) is 5.61. The molecule has 0 radical (unpaired) electrons. The second kappa shape index (κ2) is 11.0. The number of nitro benzene ring substituents is 1. The van der Waals surface area contributed by atoms with Crippen LogP contribution in [0.25, 0.3) is 5.57 Å². The number of hydrogen-bond acceptors (Lipinski definition) is 9. The third-order valence-corrected chi connectivity index (χ3v) is 3.69. The SMILES string of the molecule is CCOC(=O)/C(=C/N/C(=C\Nc1ccccc1[N+](=O)[O-])C(=O)OC)c1ccccn1. The molecule has 1 heterocycles. The highest BCUT2D eigenvalue weighted by Crippen LogP contribution is 2.23. The summed E-state index contributed by atoms with van der Waals surface area (Å²) in [7, 11) is 1.18. The van der Waals surface area contributed by atoms with Gasteiger partial charge in [-0.25, -0.2) is 9.59 Å². The smallest absolute Gasteiger partial charge is 0.355 e. The van der Waals surface area contributed by atoms with Gasteiger partial charge in [-0.3, -0.25) is 15.1 Å². The summed E-state index contributed by atoms with van der Waals surface area (Å²) in [5, 5.41) is 16.5. The van der Waals surface area contributed by atoms with E-state index in [1.165, 1.54) is 43.9 Å². The number of nitro groups is 1. The summed E-state index contributed by atoms with van der Waals surface area (Å²) < 4.78 is 9.76. The predicted molar refractivity (Wildman–Crippen MR) is 109 cm³/mol. The molecule has 0 aliphatic heterocycles. The van der Waals surface area contributed by atoms with Crippen LogP contribution in [0.2, 0.25) is 0 Å². The van der Waals surface area contributed by atoms with Crippen molar-refractivity contribution in [3.8, 4) is 0 Å². The first kappa shape index (κ1) is 22.1. The Labute approximate surface area is 172 Å². The number of rotatable bonds is 9. The van der Waals surface area contributed by atoms with Crippen molar-refractivity contribution in [3.63, 3.8) is 0 Å². The Balaban J connectivity index is 2.34. The highest BCUT2D eigenvalue weighted by molar-refractivity contribution is 6.15. The van der Waals surface area contributed by atoms with Crippen molar-refractivity contribution in [2.45, 2.75) is 6.92 Å². The molecule has 10 heteroatoms. The molecule has 30 heavy (non-hydrogen) atoms. The molecule has 156 valence electrons. The zero-order valence-electron chi connectivity index (χ0n) is 16.3. The molecule has 0 bridgehead atoms. The van der Waals surface area contributed by atoms with Crippen molar-refractivity contribution in [3.05, 3.63) is 82.6 Å². The number of aromatic nitrogens is 1. The lowest BCUT2D eigenvalue weighted by Gasteiger charge is -2.10. The number of pyridine rings is 1. The van der Waals surface area contributed by atoms with Crippen LogP contribution in [0.1, 0.15) is 12.6 Å². The molecule has 0 fully saturated rings. The summed E-state index contributed by atoms with van der Waals surface area (Å²) in [5.41, 5.74) is 0.310. The number of anilines is 1. The second-order valence-corrected chi connectivity index (χ2v) is 5.61. The lowest BCUT2D eigenvalue weighted by atomic mass is 10.2. The highest BCUT2D eigenvalue weighted by Gasteiger charge is 2.17. The Kier molecular flexibility index (Phi) is 8.06. The molecule has 0 spiro atoms. The van der Waals surface area contributed by atoms with E-state index >= 15 is 0 Å². The summed E-state index contributed by atoms with van der Waals surface area (Å²) in [6.07, 6.45) is 3.96. The van der Waals surface area contributed by atoms with Crippen molar-refractivity contribution in [2.75, 3.05) is 19.0 Å². The maximum Gasteiger partial charge on any atom is 0.355 e. The molecule has 0 aliphatic rings. The monoisotopic (exact) mass is 412 g/mol. The Morgan fingerprint density at radius 1 is 1.13 bits per heavy atom. The number of methoxy groups -OCH3 is 1. The number of carbonyl (C=O) groups is 2. The standard InChI is InChI=1S/C20H20N4O6/c1-3-30-19(25)14(15-8-6-7-11-21-15)12-22-17(20(26)29-2)13-23-16-9-4-5-10-18(16)24(27)28/h4-13,22-23H,3H2,1-2H3/b14-12+,17-13-. The van der Waals surface area contributed by atoms with Crippen molar-refractivity contribution < 1.29 is 24.0 Å². The molecule has 0 atom stereocenters. The Morgan fingerprint density at radius 3 is 2.50 bits per heavy atom. The Bertz CT molecular complexity index is 972. The van der Waals surface area contributed by atoms with Gasteiger partial charge in [-0.2, -0.15) is 0 Å². The molecule has 2 aromatic rings. The van der Waals surface area contributed by atoms with Gasteiger partial charge in [0.25, 0.3) is 5.69 Å². The minimum atomic E-state index is -0.762. The minimum absolute atomic E-state index is 0.0814. The lowest BCUT2D eigenvalue weighted by Crippen LogP contribution is -2.20. The van der Waals surface area contributed by atoms with Crippen LogP contribution in [0.5, 0.6) is 0 Å². The third kappa shape index (κ3) is 5.89. The quantitative estimate of drug-likeness (QED) is 0.276. The zero-order valence-corrected chi connectivity index (χ0v) is 16.3. The van der Waals surface area contributed by atoms with Crippen molar-refractivity contribution in [2.24, 2.45) is 0 Å². The van der Waals surface area contributed by atoms with Crippen LogP contribution in [-0.4, -0.2) is 35.6 Å². The normalized spacial score (nSPS) is 11.4. The van der Waals surface area contributed by atoms with Gasteiger partial charge >= 0.3 is 11.9 Å². The number of nitrogens with zero attached hydrogens (tertiary/aromatic N) is 2. The average Bonchev–Trinajstić information content (AvgIpc) is 2.76. The maximum atomic E-state index is 12.3. The van der Waals surface area contributed by atoms with Crippen LogP contribution in [0, 0.1) is 10.1 Å². The fourth-order valence-electron chi connectivity index (χ4n) is 2.29. The van der Waals surface area contributed by atoms with E-state index in [-0.39, 0.29) is 29.3 Å². The fraction of sp³-hybridized carbons (Fsp3) is 0.150. The van der Waals surface area contributed by atoms with E-state index in [1.807, 2.05) is 0 Å². The summed E-state index contributed by atoms with van der Waals surface area (Å²) >= 11 is 0. The number of nitrogens with one attached hydrogen (secondary N) is 2. The molecular formula is C20H20N4O6. The van der Waals surface area contributed by atoms with Crippen LogP contribution in [-0.2, 0) is 19.1 Å².